The number of aromatic nitrogens is 4. The standard InChI is InChI=1S/C19H18F3N5O2/c1-13(14-3-6-16(7-4-14)27-12-23-11-24-27)25(2)18(29)10-26-9-15(19(20,21)22)5-8-17(26)28/h3-9,11-13H,10H2,1-2H3/t13-/m1/s1. The zero-order chi connectivity index (χ0) is 21.2. The van der Waals surface area contributed by atoms with Crippen LogP contribution in [-0.2, 0) is 17.5 Å². The van der Waals surface area contributed by atoms with Gasteiger partial charge < -0.3 is 9.47 Å². The van der Waals surface area contributed by atoms with E-state index in [1.807, 2.05) is 24.3 Å². The highest BCUT2D eigenvalue weighted by Crippen LogP contribution is 2.28. The Morgan fingerprint density at radius 3 is 2.45 bits per heavy atom. The molecule has 1 amide bonds. The number of benzene rings is 1. The fourth-order valence-corrected chi connectivity index (χ4v) is 2.77. The van der Waals surface area contributed by atoms with E-state index < -0.39 is 29.8 Å². The van der Waals surface area contributed by atoms with Gasteiger partial charge in [-0.25, -0.2) is 9.67 Å². The van der Waals surface area contributed by atoms with Crippen LogP contribution in [-0.4, -0.2) is 37.2 Å². The Balaban J connectivity index is 1.74. The van der Waals surface area contributed by atoms with Crippen molar-refractivity contribution in [2.24, 2.45) is 0 Å². The SMILES string of the molecule is C[C@H](c1ccc(-n2cncn2)cc1)N(C)C(=O)Cn1cc(C(F)(F)F)ccc1=O. The van der Waals surface area contributed by atoms with E-state index in [0.717, 1.165) is 21.9 Å². The Hall–Kier alpha value is -3.43. The molecule has 0 N–H and O–H groups in total. The Morgan fingerprint density at radius 2 is 1.86 bits per heavy atom. The first-order chi connectivity index (χ1) is 13.7. The van der Waals surface area contributed by atoms with E-state index in [-0.39, 0.29) is 6.04 Å². The normalized spacial score (nSPS) is 12.6. The second kappa shape index (κ2) is 7.90. The number of amides is 1. The minimum atomic E-state index is -4.59. The number of nitrogens with zero attached hydrogens (tertiary/aromatic N) is 5. The van der Waals surface area contributed by atoms with Gasteiger partial charge in [0.15, 0.2) is 0 Å². The third-order valence-corrected chi connectivity index (χ3v) is 4.65. The smallest absolute Gasteiger partial charge is 0.337 e. The summed E-state index contributed by atoms with van der Waals surface area (Å²) in [6, 6.07) is 8.43. The second-order valence-electron chi connectivity index (χ2n) is 6.49. The molecule has 0 saturated heterocycles. The number of likely N-dealkylation sites (N-methyl/N-ethyl adjacent to an activating group) is 1. The summed E-state index contributed by atoms with van der Waals surface area (Å²) < 4.78 is 40.9. The zero-order valence-electron chi connectivity index (χ0n) is 15.7. The Bertz CT molecular complexity index is 1040. The summed E-state index contributed by atoms with van der Waals surface area (Å²) in [6.45, 7) is 1.30. The Labute approximate surface area is 164 Å². The number of alkyl halides is 3. The number of hydrogen-bond acceptors (Lipinski definition) is 4. The lowest BCUT2D eigenvalue weighted by Gasteiger charge is -2.26. The lowest BCUT2D eigenvalue weighted by molar-refractivity contribution is -0.138. The summed E-state index contributed by atoms with van der Waals surface area (Å²) in [5.41, 5.74) is -0.0436. The molecule has 3 rings (SSSR count). The van der Waals surface area contributed by atoms with Crippen molar-refractivity contribution in [2.75, 3.05) is 7.05 Å². The number of carbonyl (C=O) groups is 1. The molecule has 2 heterocycles. The molecule has 1 aromatic carbocycles. The van der Waals surface area contributed by atoms with Crippen LogP contribution in [0.15, 0.2) is 60.0 Å². The van der Waals surface area contributed by atoms with Crippen LogP contribution in [0.2, 0.25) is 0 Å². The van der Waals surface area contributed by atoms with Crippen molar-refractivity contribution in [3.05, 3.63) is 76.7 Å². The maximum atomic E-state index is 12.9. The molecule has 0 spiro atoms. The van der Waals surface area contributed by atoms with E-state index in [1.165, 1.54) is 18.3 Å². The third-order valence-electron chi connectivity index (χ3n) is 4.65. The Kier molecular flexibility index (Phi) is 5.53. The average molecular weight is 405 g/mol. The van der Waals surface area contributed by atoms with Crippen LogP contribution in [0.5, 0.6) is 0 Å². The van der Waals surface area contributed by atoms with Gasteiger partial charge in [0.05, 0.1) is 17.3 Å². The summed E-state index contributed by atoms with van der Waals surface area (Å²) in [7, 11) is 1.54. The molecule has 1 atom stereocenters. The van der Waals surface area contributed by atoms with Gasteiger partial charge in [-0.1, -0.05) is 12.1 Å². The van der Waals surface area contributed by atoms with E-state index in [2.05, 4.69) is 10.1 Å². The van der Waals surface area contributed by atoms with Crippen LogP contribution in [0.1, 0.15) is 24.1 Å². The summed E-state index contributed by atoms with van der Waals surface area (Å²) in [6.07, 6.45) is -0.964. The predicted molar refractivity (Wildman–Crippen MR) is 98.2 cm³/mol. The van der Waals surface area contributed by atoms with Gasteiger partial charge in [-0.2, -0.15) is 18.3 Å². The molecule has 0 unspecified atom stereocenters. The molecule has 2 aromatic heterocycles. The first-order valence-corrected chi connectivity index (χ1v) is 8.65. The largest absolute Gasteiger partial charge is 0.417 e. The molecule has 0 bridgehead atoms. The number of halogens is 3. The molecule has 0 aliphatic heterocycles. The summed E-state index contributed by atoms with van der Waals surface area (Å²) in [4.78, 5) is 29.7. The molecule has 10 heteroatoms. The van der Waals surface area contributed by atoms with E-state index in [9.17, 15) is 22.8 Å². The fourth-order valence-electron chi connectivity index (χ4n) is 2.77. The molecule has 3 aromatic rings. The highest BCUT2D eigenvalue weighted by Gasteiger charge is 2.31. The van der Waals surface area contributed by atoms with Crippen LogP contribution < -0.4 is 5.56 Å². The molecule has 0 fully saturated rings. The van der Waals surface area contributed by atoms with Crippen molar-refractivity contribution >= 4 is 5.91 Å². The van der Waals surface area contributed by atoms with E-state index in [4.69, 9.17) is 0 Å². The topological polar surface area (TPSA) is 73.0 Å². The molecule has 0 aliphatic carbocycles. The van der Waals surface area contributed by atoms with Crippen LogP contribution >= 0.6 is 0 Å². The number of hydrogen-bond donors (Lipinski definition) is 0. The average Bonchev–Trinajstić information content (AvgIpc) is 3.22. The van der Waals surface area contributed by atoms with Gasteiger partial charge in [0.25, 0.3) is 5.56 Å². The van der Waals surface area contributed by atoms with Gasteiger partial charge in [0.1, 0.15) is 19.2 Å². The second-order valence-corrected chi connectivity index (χ2v) is 6.49. The summed E-state index contributed by atoms with van der Waals surface area (Å²) in [5, 5.41) is 4.03. The van der Waals surface area contributed by atoms with Crippen molar-refractivity contribution in [1.29, 1.82) is 0 Å². The van der Waals surface area contributed by atoms with Crippen LogP contribution in [0.4, 0.5) is 13.2 Å². The van der Waals surface area contributed by atoms with Gasteiger partial charge >= 0.3 is 6.18 Å². The lowest BCUT2D eigenvalue weighted by atomic mass is 10.1. The van der Waals surface area contributed by atoms with Gasteiger partial charge in [-0.3, -0.25) is 9.59 Å². The molecule has 29 heavy (non-hydrogen) atoms. The van der Waals surface area contributed by atoms with Crippen molar-refractivity contribution < 1.29 is 18.0 Å². The minimum absolute atomic E-state index is 0.353. The lowest BCUT2D eigenvalue weighted by Crippen LogP contribution is -2.35. The third kappa shape index (κ3) is 4.53. The first-order valence-electron chi connectivity index (χ1n) is 8.65. The zero-order valence-corrected chi connectivity index (χ0v) is 15.7. The van der Waals surface area contributed by atoms with E-state index in [0.29, 0.717) is 12.3 Å². The van der Waals surface area contributed by atoms with Crippen LogP contribution in [0, 0.1) is 0 Å². The fraction of sp³-hybridized carbons (Fsp3) is 0.263. The summed E-state index contributed by atoms with van der Waals surface area (Å²) >= 11 is 0. The number of pyridine rings is 1. The molecule has 0 saturated carbocycles. The van der Waals surface area contributed by atoms with Crippen molar-refractivity contribution in [3.63, 3.8) is 0 Å². The molecular formula is C19H18F3N5O2. The monoisotopic (exact) mass is 405 g/mol. The first kappa shape index (κ1) is 20.3. The van der Waals surface area contributed by atoms with Crippen molar-refractivity contribution in [2.45, 2.75) is 25.7 Å². The van der Waals surface area contributed by atoms with Gasteiger partial charge in [-0.15, -0.1) is 0 Å². The van der Waals surface area contributed by atoms with E-state index >= 15 is 0 Å². The number of carbonyl (C=O) groups excluding carboxylic acids is 1. The quantitative estimate of drug-likeness (QED) is 0.654. The van der Waals surface area contributed by atoms with Gasteiger partial charge in [0, 0.05) is 19.3 Å². The van der Waals surface area contributed by atoms with Crippen molar-refractivity contribution in [3.8, 4) is 5.69 Å². The number of rotatable bonds is 5. The van der Waals surface area contributed by atoms with E-state index in [1.54, 1.807) is 17.9 Å². The molecule has 0 aliphatic rings. The highest BCUT2D eigenvalue weighted by molar-refractivity contribution is 5.76. The minimum Gasteiger partial charge on any atom is -0.337 e. The maximum Gasteiger partial charge on any atom is 0.417 e. The predicted octanol–water partition coefficient (Wildman–Crippen LogP) is 2.67. The maximum absolute atomic E-state index is 12.9. The van der Waals surface area contributed by atoms with Gasteiger partial charge in [-0.05, 0) is 30.7 Å². The van der Waals surface area contributed by atoms with Crippen LogP contribution in [0.25, 0.3) is 5.69 Å². The molecular weight excluding hydrogens is 387 g/mol. The van der Waals surface area contributed by atoms with Gasteiger partial charge in [0.2, 0.25) is 5.91 Å². The highest BCUT2D eigenvalue weighted by atomic mass is 19.4. The molecule has 152 valence electrons. The molecule has 7 nitrogen and oxygen atoms in total. The van der Waals surface area contributed by atoms with Crippen molar-refractivity contribution in [1.82, 2.24) is 24.2 Å². The summed E-state index contributed by atoms with van der Waals surface area (Å²) in [5.74, 6) is -0.487. The Morgan fingerprint density at radius 1 is 1.17 bits per heavy atom. The van der Waals surface area contributed by atoms with Crippen LogP contribution in [0.3, 0.4) is 0 Å². The molecule has 0 radical (unpaired) electrons.